The third kappa shape index (κ3) is 2.31. The molecule has 0 aliphatic carbocycles. The van der Waals surface area contributed by atoms with E-state index >= 15 is 0 Å². The number of hydrogen-bond donors (Lipinski definition) is 0. The minimum absolute atomic E-state index is 0.0786. The molecule has 0 fully saturated rings. The molecule has 3 rings (SSSR count). The van der Waals surface area contributed by atoms with E-state index in [1.165, 1.54) is 0 Å². The third-order valence-corrected chi connectivity index (χ3v) is 4.47. The second-order valence-electron chi connectivity index (χ2n) is 6.01. The summed E-state index contributed by atoms with van der Waals surface area (Å²) in [5, 5.41) is 9.12. The zero-order valence-electron chi connectivity index (χ0n) is 13.0. The number of anilines is 1. The van der Waals surface area contributed by atoms with E-state index in [2.05, 4.69) is 6.07 Å². The van der Waals surface area contributed by atoms with Crippen molar-refractivity contribution in [1.29, 1.82) is 5.26 Å². The molecule has 114 valence electrons. The van der Waals surface area contributed by atoms with Crippen molar-refractivity contribution >= 4 is 17.4 Å². The van der Waals surface area contributed by atoms with Crippen LogP contribution in [0.3, 0.4) is 0 Å². The Bertz CT molecular complexity index is 836. The SMILES string of the molecule is CN1C(=O)[C@](C)(CC(=O)c2ccccc2)c2cc(C#N)ccc21. The van der Waals surface area contributed by atoms with Crippen LogP contribution in [0.5, 0.6) is 0 Å². The molecule has 4 nitrogen and oxygen atoms in total. The largest absolute Gasteiger partial charge is 0.314 e. The van der Waals surface area contributed by atoms with Crippen LogP contribution in [0.4, 0.5) is 5.69 Å². The normalized spacial score (nSPS) is 19.3. The number of carbonyl (C=O) groups is 2. The summed E-state index contributed by atoms with van der Waals surface area (Å²) in [4.78, 5) is 26.9. The third-order valence-electron chi connectivity index (χ3n) is 4.47. The fourth-order valence-corrected chi connectivity index (χ4v) is 3.15. The Morgan fingerprint density at radius 3 is 2.57 bits per heavy atom. The quantitative estimate of drug-likeness (QED) is 0.819. The average Bonchev–Trinajstić information content (AvgIpc) is 2.77. The zero-order valence-corrected chi connectivity index (χ0v) is 13.0. The molecule has 0 aromatic heterocycles. The van der Waals surface area contributed by atoms with E-state index in [0.717, 1.165) is 11.3 Å². The fourth-order valence-electron chi connectivity index (χ4n) is 3.15. The molecule has 0 unspecified atom stereocenters. The Morgan fingerprint density at radius 1 is 1.22 bits per heavy atom. The van der Waals surface area contributed by atoms with Crippen molar-refractivity contribution in [2.75, 3.05) is 11.9 Å². The van der Waals surface area contributed by atoms with Gasteiger partial charge in [-0.25, -0.2) is 0 Å². The second kappa shape index (κ2) is 5.36. The average molecular weight is 304 g/mol. The molecular weight excluding hydrogens is 288 g/mol. The van der Waals surface area contributed by atoms with E-state index in [-0.39, 0.29) is 18.1 Å². The van der Waals surface area contributed by atoms with Gasteiger partial charge in [-0.1, -0.05) is 30.3 Å². The molecular formula is C19H16N2O2. The number of amides is 1. The summed E-state index contributed by atoms with van der Waals surface area (Å²) < 4.78 is 0. The van der Waals surface area contributed by atoms with Gasteiger partial charge in [0.05, 0.1) is 17.0 Å². The summed E-state index contributed by atoms with van der Waals surface area (Å²) in [6.45, 7) is 1.78. The van der Waals surface area contributed by atoms with E-state index in [4.69, 9.17) is 5.26 Å². The molecule has 0 saturated carbocycles. The lowest BCUT2D eigenvalue weighted by Gasteiger charge is -2.22. The van der Waals surface area contributed by atoms with Crippen molar-refractivity contribution in [3.8, 4) is 6.07 Å². The highest BCUT2D eigenvalue weighted by molar-refractivity contribution is 6.11. The van der Waals surface area contributed by atoms with E-state index in [0.29, 0.717) is 11.1 Å². The van der Waals surface area contributed by atoms with Gasteiger partial charge < -0.3 is 4.90 Å². The Morgan fingerprint density at radius 2 is 1.91 bits per heavy atom. The summed E-state index contributed by atoms with van der Waals surface area (Å²) >= 11 is 0. The van der Waals surface area contributed by atoms with E-state index < -0.39 is 5.41 Å². The van der Waals surface area contributed by atoms with Gasteiger partial charge in [0.15, 0.2) is 5.78 Å². The van der Waals surface area contributed by atoms with Crippen LogP contribution in [0.2, 0.25) is 0 Å². The number of rotatable bonds is 3. The maximum absolute atomic E-state index is 12.7. The number of nitrogens with zero attached hydrogens (tertiary/aromatic N) is 2. The molecule has 1 atom stereocenters. The number of carbonyl (C=O) groups excluding carboxylic acids is 2. The number of hydrogen-bond acceptors (Lipinski definition) is 3. The van der Waals surface area contributed by atoms with Gasteiger partial charge in [-0.05, 0) is 30.7 Å². The van der Waals surface area contributed by atoms with Crippen LogP contribution in [-0.2, 0) is 10.2 Å². The van der Waals surface area contributed by atoms with Gasteiger partial charge in [-0.3, -0.25) is 9.59 Å². The molecule has 1 aliphatic heterocycles. The minimum Gasteiger partial charge on any atom is -0.314 e. The summed E-state index contributed by atoms with van der Waals surface area (Å²) in [6, 6.07) is 16.2. The van der Waals surface area contributed by atoms with Gasteiger partial charge in [0.2, 0.25) is 5.91 Å². The fraction of sp³-hybridized carbons (Fsp3) is 0.211. The second-order valence-corrected chi connectivity index (χ2v) is 6.01. The molecule has 1 heterocycles. The molecule has 1 amide bonds. The van der Waals surface area contributed by atoms with Gasteiger partial charge >= 0.3 is 0 Å². The molecule has 0 spiro atoms. The molecule has 23 heavy (non-hydrogen) atoms. The van der Waals surface area contributed by atoms with Crippen LogP contribution < -0.4 is 4.90 Å². The van der Waals surface area contributed by atoms with Crippen LogP contribution in [0.1, 0.15) is 34.8 Å². The predicted octanol–water partition coefficient (Wildman–Crippen LogP) is 3.07. The van der Waals surface area contributed by atoms with Crippen molar-refractivity contribution in [2.24, 2.45) is 0 Å². The first-order valence-electron chi connectivity index (χ1n) is 7.38. The number of nitriles is 1. The Labute approximate surface area is 135 Å². The van der Waals surface area contributed by atoms with Crippen LogP contribution in [0.25, 0.3) is 0 Å². The lowest BCUT2D eigenvalue weighted by molar-refractivity contribution is -0.122. The maximum atomic E-state index is 12.7. The van der Waals surface area contributed by atoms with Gasteiger partial charge in [0.1, 0.15) is 0 Å². The summed E-state index contributed by atoms with van der Waals surface area (Å²) in [6.07, 6.45) is 0.0854. The van der Waals surface area contributed by atoms with Crippen LogP contribution in [0.15, 0.2) is 48.5 Å². The van der Waals surface area contributed by atoms with Gasteiger partial charge in [0.25, 0.3) is 0 Å². The molecule has 2 aromatic rings. The molecule has 0 radical (unpaired) electrons. The monoisotopic (exact) mass is 304 g/mol. The first-order chi connectivity index (χ1) is 11.0. The molecule has 0 bridgehead atoms. The molecule has 4 heteroatoms. The highest BCUT2D eigenvalue weighted by Gasteiger charge is 2.47. The summed E-state index contributed by atoms with van der Waals surface area (Å²) in [5.41, 5.74) is 1.65. The van der Waals surface area contributed by atoms with Crippen molar-refractivity contribution in [1.82, 2.24) is 0 Å². The smallest absolute Gasteiger partial charge is 0.237 e. The van der Waals surface area contributed by atoms with Crippen LogP contribution in [0, 0.1) is 11.3 Å². The number of ketones is 1. The minimum atomic E-state index is -0.941. The predicted molar refractivity (Wildman–Crippen MR) is 87.3 cm³/mol. The summed E-state index contributed by atoms with van der Waals surface area (Å²) in [5.74, 6) is -0.197. The molecule has 0 N–H and O–H groups in total. The topological polar surface area (TPSA) is 61.2 Å². The molecule has 0 saturated heterocycles. The highest BCUT2D eigenvalue weighted by Crippen LogP contribution is 2.44. The van der Waals surface area contributed by atoms with Gasteiger partial charge in [-0.15, -0.1) is 0 Å². The van der Waals surface area contributed by atoms with Crippen molar-refractivity contribution in [3.63, 3.8) is 0 Å². The first kappa shape index (κ1) is 15.0. The lowest BCUT2D eigenvalue weighted by atomic mass is 9.78. The highest BCUT2D eigenvalue weighted by atomic mass is 16.2. The first-order valence-corrected chi connectivity index (χ1v) is 7.38. The van der Waals surface area contributed by atoms with Gasteiger partial charge in [-0.2, -0.15) is 5.26 Å². The lowest BCUT2D eigenvalue weighted by Crippen LogP contribution is -2.37. The Kier molecular flexibility index (Phi) is 3.49. The van der Waals surface area contributed by atoms with Gasteiger partial charge in [0, 0.05) is 24.7 Å². The van der Waals surface area contributed by atoms with E-state index in [1.54, 1.807) is 61.3 Å². The standard InChI is InChI=1S/C19H16N2O2/c1-19(11-17(22)14-6-4-3-5-7-14)15-10-13(12-20)8-9-16(15)21(2)18(19)23/h3-10H,11H2,1-2H3/t19-/m1/s1. The number of likely N-dealkylation sites (N-methyl/N-ethyl adjacent to an activating group) is 1. The van der Waals surface area contributed by atoms with Crippen molar-refractivity contribution in [3.05, 3.63) is 65.2 Å². The van der Waals surface area contributed by atoms with E-state index in [1.807, 2.05) is 6.07 Å². The van der Waals surface area contributed by atoms with Crippen molar-refractivity contribution < 1.29 is 9.59 Å². The zero-order chi connectivity index (χ0) is 16.6. The number of fused-ring (bicyclic) bond motifs is 1. The Hall–Kier alpha value is -2.93. The van der Waals surface area contributed by atoms with Crippen LogP contribution >= 0.6 is 0 Å². The van der Waals surface area contributed by atoms with Crippen molar-refractivity contribution in [2.45, 2.75) is 18.8 Å². The molecule has 1 aliphatic rings. The summed E-state index contributed by atoms with van der Waals surface area (Å²) in [7, 11) is 1.70. The Balaban J connectivity index is 2.03. The van der Waals surface area contributed by atoms with Crippen LogP contribution in [-0.4, -0.2) is 18.7 Å². The maximum Gasteiger partial charge on any atom is 0.237 e. The molecule has 2 aromatic carbocycles. The van der Waals surface area contributed by atoms with E-state index in [9.17, 15) is 9.59 Å². The number of Topliss-reactive ketones (excluding diaryl/α,β-unsaturated/α-hetero) is 1. The number of benzene rings is 2.